The average Bonchev–Trinajstić information content (AvgIpc) is 3.06. The zero-order valence-electron chi connectivity index (χ0n) is 20.0. The Bertz CT molecular complexity index is 1400. The molecule has 5 rings (SSSR count). The van der Waals surface area contributed by atoms with E-state index in [1.54, 1.807) is 24.3 Å². The highest BCUT2D eigenvalue weighted by molar-refractivity contribution is 6.21. The van der Waals surface area contributed by atoms with Crippen molar-refractivity contribution in [3.8, 4) is 6.07 Å². The molecule has 0 saturated carbocycles. The van der Waals surface area contributed by atoms with Gasteiger partial charge in [-0.15, -0.1) is 0 Å². The highest BCUT2D eigenvalue weighted by Gasteiger charge is 2.63. The molecular formula is C28H25N3O5. The van der Waals surface area contributed by atoms with Crippen LogP contribution in [-0.4, -0.2) is 24.2 Å². The summed E-state index contributed by atoms with van der Waals surface area (Å²) in [4.78, 5) is 41.9. The summed E-state index contributed by atoms with van der Waals surface area (Å²) in [5, 5.41) is 10.1. The SMILES string of the molecule is CC1(C)CC(=O)C2=C(C1)OC(N)=C(C#N)[C@@]21C(=O)N(CC(=O)OCc2ccccc2)c2ccccc21. The highest BCUT2D eigenvalue weighted by Crippen LogP contribution is 2.57. The number of carbonyl (C=O) groups is 3. The number of nitrogens with zero attached hydrogens (tertiary/aromatic N) is 2. The lowest BCUT2D eigenvalue weighted by Gasteiger charge is -2.41. The quantitative estimate of drug-likeness (QED) is 0.662. The van der Waals surface area contributed by atoms with E-state index in [2.05, 4.69) is 0 Å². The van der Waals surface area contributed by atoms with Crippen molar-refractivity contribution in [3.63, 3.8) is 0 Å². The van der Waals surface area contributed by atoms with Crippen LogP contribution in [0.2, 0.25) is 0 Å². The molecule has 0 aromatic heterocycles. The topological polar surface area (TPSA) is 123 Å². The Balaban J connectivity index is 1.59. The molecule has 36 heavy (non-hydrogen) atoms. The molecule has 182 valence electrons. The average molecular weight is 484 g/mol. The zero-order valence-corrected chi connectivity index (χ0v) is 20.0. The number of fused-ring (bicyclic) bond motifs is 3. The fourth-order valence-electron chi connectivity index (χ4n) is 5.41. The smallest absolute Gasteiger partial charge is 0.326 e. The number of Topliss-reactive ketones (excluding diaryl/α,β-unsaturated/α-hetero) is 1. The predicted octanol–water partition coefficient (Wildman–Crippen LogP) is 3.38. The van der Waals surface area contributed by atoms with Gasteiger partial charge in [0.2, 0.25) is 11.8 Å². The third kappa shape index (κ3) is 3.47. The number of hydrogen-bond acceptors (Lipinski definition) is 7. The number of rotatable bonds is 4. The summed E-state index contributed by atoms with van der Waals surface area (Å²) in [5.41, 5.74) is 5.67. The second-order valence-corrected chi connectivity index (χ2v) is 10.00. The normalized spacial score (nSPS) is 22.2. The predicted molar refractivity (Wildman–Crippen MR) is 130 cm³/mol. The monoisotopic (exact) mass is 483 g/mol. The first-order valence-electron chi connectivity index (χ1n) is 11.6. The molecule has 0 radical (unpaired) electrons. The van der Waals surface area contributed by atoms with Gasteiger partial charge in [0.15, 0.2) is 5.78 Å². The van der Waals surface area contributed by atoms with Crippen LogP contribution in [0.4, 0.5) is 5.69 Å². The minimum absolute atomic E-state index is 0.0570. The molecule has 8 nitrogen and oxygen atoms in total. The maximum absolute atomic E-state index is 14.3. The number of nitrogens with two attached hydrogens (primary N) is 1. The maximum atomic E-state index is 14.3. The molecule has 0 saturated heterocycles. The summed E-state index contributed by atoms with van der Waals surface area (Å²) >= 11 is 0. The molecule has 2 aromatic carbocycles. The van der Waals surface area contributed by atoms with Crippen LogP contribution >= 0.6 is 0 Å². The molecule has 1 spiro atoms. The van der Waals surface area contributed by atoms with Crippen molar-refractivity contribution in [2.75, 3.05) is 11.4 Å². The Morgan fingerprint density at radius 1 is 1.11 bits per heavy atom. The number of anilines is 1. The first-order chi connectivity index (χ1) is 17.2. The largest absolute Gasteiger partial charge is 0.459 e. The van der Waals surface area contributed by atoms with Crippen molar-refractivity contribution in [3.05, 3.63) is 88.5 Å². The van der Waals surface area contributed by atoms with E-state index in [9.17, 15) is 19.6 Å². The molecule has 2 aliphatic heterocycles. The second kappa shape index (κ2) is 8.38. The third-order valence-electron chi connectivity index (χ3n) is 6.87. The van der Waals surface area contributed by atoms with Gasteiger partial charge in [-0.05, 0) is 17.0 Å². The summed E-state index contributed by atoms with van der Waals surface area (Å²) in [5.74, 6) is -1.41. The zero-order chi connectivity index (χ0) is 25.7. The minimum Gasteiger partial charge on any atom is -0.459 e. The first-order valence-corrected chi connectivity index (χ1v) is 11.6. The lowest BCUT2D eigenvalue weighted by atomic mass is 9.62. The van der Waals surface area contributed by atoms with Crippen molar-refractivity contribution < 1.29 is 23.9 Å². The van der Waals surface area contributed by atoms with Crippen LogP contribution in [0.3, 0.4) is 0 Å². The number of para-hydroxylation sites is 1. The Morgan fingerprint density at radius 3 is 2.53 bits per heavy atom. The molecule has 0 unspecified atom stereocenters. The summed E-state index contributed by atoms with van der Waals surface area (Å²) < 4.78 is 11.2. The van der Waals surface area contributed by atoms with Crippen LogP contribution in [0, 0.1) is 16.7 Å². The number of ether oxygens (including phenoxy) is 2. The van der Waals surface area contributed by atoms with E-state index in [1.807, 2.05) is 50.2 Å². The number of allylic oxidation sites excluding steroid dienone is 1. The molecule has 8 heteroatoms. The lowest BCUT2D eigenvalue weighted by molar-refractivity contribution is -0.144. The van der Waals surface area contributed by atoms with Gasteiger partial charge >= 0.3 is 5.97 Å². The van der Waals surface area contributed by atoms with E-state index in [1.165, 1.54) is 4.90 Å². The summed E-state index contributed by atoms with van der Waals surface area (Å²) in [6.45, 7) is 3.54. The van der Waals surface area contributed by atoms with Gasteiger partial charge in [-0.3, -0.25) is 19.3 Å². The second-order valence-electron chi connectivity index (χ2n) is 10.00. The highest BCUT2D eigenvalue weighted by atomic mass is 16.5. The van der Waals surface area contributed by atoms with Crippen LogP contribution in [0.1, 0.15) is 37.8 Å². The molecule has 2 heterocycles. The van der Waals surface area contributed by atoms with Crippen LogP contribution in [0.25, 0.3) is 0 Å². The molecule has 0 fully saturated rings. The molecule has 1 atom stereocenters. The number of hydrogen-bond donors (Lipinski definition) is 1. The summed E-state index contributed by atoms with van der Waals surface area (Å²) in [6, 6.07) is 18.1. The first kappa shape index (κ1) is 23.4. The molecule has 1 aliphatic carbocycles. The van der Waals surface area contributed by atoms with Crippen LogP contribution in [0.5, 0.6) is 0 Å². The maximum Gasteiger partial charge on any atom is 0.326 e. The fourth-order valence-corrected chi connectivity index (χ4v) is 5.41. The minimum atomic E-state index is -1.77. The fraction of sp³-hybridized carbons (Fsp3) is 0.286. The van der Waals surface area contributed by atoms with E-state index in [0.717, 1.165) is 5.56 Å². The number of amides is 1. The molecule has 2 N–H and O–H groups in total. The molecule has 1 amide bonds. The van der Waals surface area contributed by atoms with Gasteiger partial charge in [-0.25, -0.2) is 0 Å². The Kier molecular flexibility index (Phi) is 5.44. The van der Waals surface area contributed by atoms with E-state index < -0.39 is 22.7 Å². The van der Waals surface area contributed by atoms with Gasteiger partial charge in [-0.1, -0.05) is 62.4 Å². The van der Waals surface area contributed by atoms with Crippen LogP contribution in [-0.2, 0) is 35.9 Å². The summed E-state index contributed by atoms with van der Waals surface area (Å²) in [7, 11) is 0. The number of esters is 1. The number of ketones is 1. The van der Waals surface area contributed by atoms with Crippen LogP contribution in [0.15, 0.2) is 77.4 Å². The van der Waals surface area contributed by atoms with Gasteiger partial charge in [0.05, 0.1) is 5.57 Å². The Labute approximate surface area is 208 Å². The van der Waals surface area contributed by atoms with Crippen molar-refractivity contribution in [2.24, 2.45) is 11.1 Å². The van der Waals surface area contributed by atoms with Gasteiger partial charge in [0, 0.05) is 24.1 Å². The molecule has 0 bridgehead atoms. The van der Waals surface area contributed by atoms with E-state index in [0.29, 0.717) is 23.4 Å². The Morgan fingerprint density at radius 2 is 1.81 bits per heavy atom. The van der Waals surface area contributed by atoms with Gasteiger partial charge in [0.25, 0.3) is 0 Å². The van der Waals surface area contributed by atoms with Crippen molar-refractivity contribution in [1.82, 2.24) is 0 Å². The van der Waals surface area contributed by atoms with Gasteiger partial charge < -0.3 is 15.2 Å². The van der Waals surface area contributed by atoms with E-state index in [-0.39, 0.29) is 42.4 Å². The van der Waals surface area contributed by atoms with Crippen molar-refractivity contribution >= 4 is 23.3 Å². The standard InChI is InChI=1S/C28H25N3O5/c1-27(2)12-21(32)24-22(13-27)36-25(30)19(14-29)28(24)18-10-6-7-11-20(18)31(26(28)34)15-23(33)35-16-17-8-4-3-5-9-17/h3-11H,12-13,15-16,30H2,1-2H3/t28-/m1/s1. The third-order valence-corrected chi connectivity index (χ3v) is 6.87. The number of benzene rings is 2. The van der Waals surface area contributed by atoms with Gasteiger partial charge in [0.1, 0.15) is 36.0 Å². The molecular weight excluding hydrogens is 458 g/mol. The molecule has 3 aliphatic rings. The number of nitriles is 1. The van der Waals surface area contributed by atoms with Gasteiger partial charge in [-0.2, -0.15) is 5.26 Å². The van der Waals surface area contributed by atoms with E-state index in [4.69, 9.17) is 15.2 Å². The Hall–Kier alpha value is -4.38. The summed E-state index contributed by atoms with van der Waals surface area (Å²) in [6.07, 6.45) is 0.563. The number of carbonyl (C=O) groups excluding carboxylic acids is 3. The molecule has 2 aromatic rings. The van der Waals surface area contributed by atoms with Crippen molar-refractivity contribution in [1.29, 1.82) is 5.26 Å². The van der Waals surface area contributed by atoms with Crippen molar-refractivity contribution in [2.45, 2.75) is 38.7 Å². The lowest BCUT2D eigenvalue weighted by Crippen LogP contribution is -2.51. The van der Waals surface area contributed by atoms with E-state index >= 15 is 0 Å². The van der Waals surface area contributed by atoms with Crippen LogP contribution < -0.4 is 10.6 Å².